The van der Waals surface area contributed by atoms with Crippen molar-refractivity contribution < 1.29 is 14.7 Å². The fourth-order valence-electron chi connectivity index (χ4n) is 0.765. The molecule has 0 saturated carbocycles. The molecule has 1 amide bonds. The quantitative estimate of drug-likeness (QED) is 0.762. The van der Waals surface area contributed by atoms with E-state index in [0.29, 0.717) is 10.8 Å². The first-order valence-electron chi connectivity index (χ1n) is 3.91. The summed E-state index contributed by atoms with van der Waals surface area (Å²) >= 11 is 5.58. The van der Waals surface area contributed by atoms with Gasteiger partial charge in [-0.3, -0.25) is 4.79 Å². The highest BCUT2D eigenvalue weighted by Crippen LogP contribution is 2.09. The zero-order valence-corrected chi connectivity index (χ0v) is 8.23. The Labute approximate surface area is 90.4 Å². The largest absolute Gasteiger partial charge is 0.478 e. The summed E-state index contributed by atoms with van der Waals surface area (Å²) in [7, 11) is 0. The highest BCUT2D eigenvalue weighted by Gasteiger charge is 1.99. The molecule has 0 atom stereocenters. The molecule has 1 heterocycles. The van der Waals surface area contributed by atoms with Crippen molar-refractivity contribution in [2.24, 2.45) is 0 Å². The smallest absolute Gasteiger partial charge is 0.328 e. The molecule has 0 fully saturated rings. The third-order valence-electron chi connectivity index (χ3n) is 1.36. The maximum absolute atomic E-state index is 11.1. The first kappa shape index (κ1) is 11.2. The monoisotopic (exact) mass is 226 g/mol. The minimum atomic E-state index is -1.19. The van der Waals surface area contributed by atoms with Gasteiger partial charge in [0.05, 0.1) is 5.02 Å². The van der Waals surface area contributed by atoms with Crippen LogP contribution in [0.25, 0.3) is 0 Å². The van der Waals surface area contributed by atoms with Crippen molar-refractivity contribution in [3.63, 3.8) is 0 Å². The molecule has 1 rings (SSSR count). The average Bonchev–Trinajstić information content (AvgIpc) is 2.19. The van der Waals surface area contributed by atoms with Crippen LogP contribution >= 0.6 is 11.6 Å². The van der Waals surface area contributed by atoms with Gasteiger partial charge in [-0.2, -0.15) is 0 Å². The molecule has 0 aromatic carbocycles. The third-order valence-corrected chi connectivity index (χ3v) is 1.58. The Bertz CT molecular complexity index is 400. The van der Waals surface area contributed by atoms with Gasteiger partial charge in [0, 0.05) is 18.3 Å². The molecule has 0 bridgehead atoms. The maximum atomic E-state index is 11.1. The molecule has 0 spiro atoms. The zero-order valence-electron chi connectivity index (χ0n) is 7.48. The van der Waals surface area contributed by atoms with E-state index in [1.165, 1.54) is 12.3 Å². The van der Waals surface area contributed by atoms with Crippen LogP contribution in [0.15, 0.2) is 30.5 Å². The first-order chi connectivity index (χ1) is 7.08. The third kappa shape index (κ3) is 4.24. The Hall–Kier alpha value is -1.88. The average molecular weight is 227 g/mol. The molecule has 0 aliphatic carbocycles. The van der Waals surface area contributed by atoms with Gasteiger partial charge in [-0.05, 0) is 12.1 Å². The van der Waals surface area contributed by atoms with Gasteiger partial charge in [0.2, 0.25) is 5.91 Å². The predicted octanol–water partition coefficient (Wildman–Crippen LogP) is 1.31. The van der Waals surface area contributed by atoms with E-state index in [2.05, 4.69) is 10.3 Å². The van der Waals surface area contributed by atoms with Gasteiger partial charge >= 0.3 is 5.97 Å². The number of nitrogens with one attached hydrogen (secondary N) is 1. The van der Waals surface area contributed by atoms with Crippen LogP contribution in [0.2, 0.25) is 5.02 Å². The normalized spacial score (nSPS) is 10.2. The Morgan fingerprint density at radius 1 is 1.40 bits per heavy atom. The molecule has 78 valence electrons. The van der Waals surface area contributed by atoms with E-state index in [1.54, 1.807) is 6.07 Å². The molecule has 5 nitrogen and oxygen atoms in total. The number of nitrogens with zero attached hydrogens (tertiary/aromatic N) is 1. The van der Waals surface area contributed by atoms with E-state index in [0.717, 1.165) is 12.2 Å². The standard InChI is InChI=1S/C9H7ClN2O3/c10-6-1-2-7(11-5-6)12-8(13)3-4-9(14)15/h1-5H,(H,14,15)(H,11,12,13)/b4-3+. The van der Waals surface area contributed by atoms with Crippen LogP contribution in [0, 0.1) is 0 Å². The molecule has 1 aromatic heterocycles. The van der Waals surface area contributed by atoms with Crippen molar-refractivity contribution in [2.45, 2.75) is 0 Å². The Balaban J connectivity index is 2.59. The van der Waals surface area contributed by atoms with Crippen molar-refractivity contribution in [2.75, 3.05) is 5.32 Å². The van der Waals surface area contributed by atoms with Crippen molar-refractivity contribution in [1.29, 1.82) is 0 Å². The summed E-state index contributed by atoms with van der Waals surface area (Å²) in [5, 5.41) is 11.1. The minimum Gasteiger partial charge on any atom is -0.478 e. The van der Waals surface area contributed by atoms with Gasteiger partial charge in [-0.1, -0.05) is 11.6 Å². The number of aliphatic carboxylic acids is 1. The Kier molecular flexibility index (Phi) is 3.82. The summed E-state index contributed by atoms with van der Waals surface area (Å²) in [5.41, 5.74) is 0. The molecule has 0 aliphatic heterocycles. The van der Waals surface area contributed by atoms with Crippen molar-refractivity contribution >= 4 is 29.3 Å². The number of carboxylic acid groups (broad SMARTS) is 1. The van der Waals surface area contributed by atoms with Crippen molar-refractivity contribution in [1.82, 2.24) is 4.98 Å². The second-order valence-electron chi connectivity index (χ2n) is 2.52. The van der Waals surface area contributed by atoms with Gasteiger partial charge in [-0.15, -0.1) is 0 Å². The maximum Gasteiger partial charge on any atom is 0.328 e. The number of hydrogen-bond acceptors (Lipinski definition) is 3. The zero-order chi connectivity index (χ0) is 11.3. The number of pyridine rings is 1. The lowest BCUT2D eigenvalue weighted by Crippen LogP contribution is -2.09. The van der Waals surface area contributed by atoms with E-state index in [1.807, 2.05) is 0 Å². The summed E-state index contributed by atoms with van der Waals surface area (Å²) in [6, 6.07) is 3.07. The fourth-order valence-corrected chi connectivity index (χ4v) is 0.876. The topological polar surface area (TPSA) is 79.3 Å². The molecule has 0 aliphatic rings. The van der Waals surface area contributed by atoms with Crippen LogP contribution in [0.5, 0.6) is 0 Å². The lowest BCUT2D eigenvalue weighted by molar-refractivity contribution is -0.131. The number of anilines is 1. The van der Waals surface area contributed by atoms with E-state index < -0.39 is 11.9 Å². The summed E-state index contributed by atoms with van der Waals surface area (Å²) in [6.45, 7) is 0. The van der Waals surface area contributed by atoms with Crippen LogP contribution < -0.4 is 5.32 Å². The Morgan fingerprint density at radius 2 is 2.13 bits per heavy atom. The second-order valence-corrected chi connectivity index (χ2v) is 2.96. The number of amides is 1. The summed E-state index contributed by atoms with van der Waals surface area (Å²) in [4.78, 5) is 25.0. The van der Waals surface area contributed by atoms with Gasteiger partial charge in [-0.25, -0.2) is 9.78 Å². The number of rotatable bonds is 3. The molecular weight excluding hydrogens is 220 g/mol. The predicted molar refractivity (Wildman–Crippen MR) is 54.7 cm³/mol. The number of halogens is 1. The molecular formula is C9H7ClN2O3. The summed E-state index contributed by atoms with van der Waals surface area (Å²) in [6.07, 6.45) is 3.02. The van der Waals surface area contributed by atoms with Crippen LogP contribution in [-0.2, 0) is 9.59 Å². The molecule has 2 N–H and O–H groups in total. The Morgan fingerprint density at radius 3 is 2.67 bits per heavy atom. The summed E-state index contributed by atoms with van der Waals surface area (Å²) in [5.74, 6) is -1.44. The molecule has 0 radical (unpaired) electrons. The van der Waals surface area contributed by atoms with E-state index in [9.17, 15) is 9.59 Å². The van der Waals surface area contributed by atoms with Gasteiger partial charge in [0.15, 0.2) is 0 Å². The first-order valence-corrected chi connectivity index (χ1v) is 4.29. The van der Waals surface area contributed by atoms with E-state index in [4.69, 9.17) is 16.7 Å². The van der Waals surface area contributed by atoms with Gasteiger partial charge in [0.1, 0.15) is 5.82 Å². The highest BCUT2D eigenvalue weighted by atomic mass is 35.5. The molecule has 15 heavy (non-hydrogen) atoms. The molecule has 0 saturated heterocycles. The van der Waals surface area contributed by atoms with E-state index >= 15 is 0 Å². The van der Waals surface area contributed by atoms with Crippen LogP contribution in [0.4, 0.5) is 5.82 Å². The number of aromatic nitrogens is 1. The molecule has 6 heteroatoms. The SMILES string of the molecule is O=C(O)/C=C/C(=O)Nc1ccc(Cl)cn1. The second kappa shape index (κ2) is 5.11. The minimum absolute atomic E-state index is 0.305. The number of carbonyl (C=O) groups is 2. The molecule has 1 aromatic rings. The highest BCUT2D eigenvalue weighted by molar-refractivity contribution is 6.30. The van der Waals surface area contributed by atoms with Crippen molar-refractivity contribution in [3.8, 4) is 0 Å². The number of hydrogen-bond donors (Lipinski definition) is 2. The van der Waals surface area contributed by atoms with E-state index in [-0.39, 0.29) is 0 Å². The summed E-state index contributed by atoms with van der Waals surface area (Å²) < 4.78 is 0. The number of carboxylic acids is 1. The van der Waals surface area contributed by atoms with Crippen molar-refractivity contribution in [3.05, 3.63) is 35.5 Å². The van der Waals surface area contributed by atoms with Gasteiger partial charge in [0.25, 0.3) is 0 Å². The lowest BCUT2D eigenvalue weighted by Gasteiger charge is -1.99. The van der Waals surface area contributed by atoms with Crippen LogP contribution in [0.3, 0.4) is 0 Å². The molecule has 0 unspecified atom stereocenters. The number of carbonyl (C=O) groups excluding carboxylic acids is 1. The fraction of sp³-hybridized carbons (Fsp3) is 0. The van der Waals surface area contributed by atoms with Gasteiger partial charge < -0.3 is 10.4 Å². The lowest BCUT2D eigenvalue weighted by atomic mass is 10.4. The van der Waals surface area contributed by atoms with Crippen LogP contribution in [0.1, 0.15) is 0 Å². The van der Waals surface area contributed by atoms with Crippen LogP contribution in [-0.4, -0.2) is 22.0 Å².